The largest absolute Gasteiger partial charge is 0.335 e. The highest BCUT2D eigenvalue weighted by Gasteiger charge is 2.25. The standard InChI is InChI=1S/C17H14ClFN4OS/c18-13-7-11(1-2-14(13)19)8-16(24)22-4-5-23-15(10-22)12(9-21-23)17-20-3-6-25-17/h1-3,6-7,9H,4-5,8,10H2. The van der Waals surface area contributed by atoms with Crippen LogP contribution >= 0.6 is 22.9 Å². The van der Waals surface area contributed by atoms with Crippen LogP contribution in [-0.4, -0.2) is 32.1 Å². The zero-order chi connectivity index (χ0) is 17.4. The van der Waals surface area contributed by atoms with E-state index in [1.165, 1.54) is 12.1 Å². The second-order valence-corrected chi connectivity index (χ2v) is 7.11. The molecule has 0 bridgehead atoms. The lowest BCUT2D eigenvalue weighted by molar-refractivity contribution is -0.131. The van der Waals surface area contributed by atoms with Crippen molar-refractivity contribution in [1.29, 1.82) is 0 Å². The second kappa shape index (κ2) is 6.57. The van der Waals surface area contributed by atoms with E-state index in [0.29, 0.717) is 25.2 Å². The third kappa shape index (κ3) is 3.17. The van der Waals surface area contributed by atoms with Gasteiger partial charge in [0.2, 0.25) is 5.91 Å². The van der Waals surface area contributed by atoms with Crippen LogP contribution in [0.25, 0.3) is 10.6 Å². The smallest absolute Gasteiger partial charge is 0.227 e. The van der Waals surface area contributed by atoms with Gasteiger partial charge in [-0.05, 0) is 17.7 Å². The average molecular weight is 377 g/mol. The van der Waals surface area contributed by atoms with Gasteiger partial charge in [0.05, 0.1) is 42.0 Å². The lowest BCUT2D eigenvalue weighted by Gasteiger charge is -2.28. The minimum atomic E-state index is -0.479. The Bertz CT molecular complexity index is 925. The third-order valence-corrected chi connectivity index (χ3v) is 5.32. The minimum absolute atomic E-state index is 0.0137. The van der Waals surface area contributed by atoms with Gasteiger partial charge in [-0.2, -0.15) is 5.10 Å². The molecule has 0 spiro atoms. The molecule has 0 atom stereocenters. The molecule has 5 nitrogen and oxygen atoms in total. The molecule has 1 aliphatic rings. The molecule has 3 aromatic rings. The van der Waals surface area contributed by atoms with Crippen molar-refractivity contribution < 1.29 is 9.18 Å². The van der Waals surface area contributed by atoms with E-state index in [-0.39, 0.29) is 17.4 Å². The molecule has 1 aromatic carbocycles. The maximum Gasteiger partial charge on any atom is 0.227 e. The van der Waals surface area contributed by atoms with Crippen molar-refractivity contribution in [2.75, 3.05) is 6.54 Å². The summed E-state index contributed by atoms with van der Waals surface area (Å²) in [5, 5.41) is 7.26. The highest BCUT2D eigenvalue weighted by molar-refractivity contribution is 7.13. The van der Waals surface area contributed by atoms with Crippen LogP contribution in [0.2, 0.25) is 5.02 Å². The molecule has 128 valence electrons. The Hall–Kier alpha value is -2.25. The molecule has 25 heavy (non-hydrogen) atoms. The molecule has 0 unspecified atom stereocenters. The van der Waals surface area contributed by atoms with Crippen LogP contribution in [0.15, 0.2) is 36.0 Å². The molecule has 3 heterocycles. The van der Waals surface area contributed by atoms with Crippen molar-refractivity contribution >= 4 is 28.8 Å². The molecular formula is C17H14ClFN4OS. The summed E-state index contributed by atoms with van der Waals surface area (Å²) in [6.07, 6.45) is 3.76. The van der Waals surface area contributed by atoms with Gasteiger partial charge in [-0.1, -0.05) is 17.7 Å². The Kier molecular flexibility index (Phi) is 4.27. The number of hydrogen-bond acceptors (Lipinski definition) is 4. The van der Waals surface area contributed by atoms with Crippen LogP contribution in [0, 0.1) is 5.82 Å². The van der Waals surface area contributed by atoms with E-state index < -0.39 is 5.82 Å². The zero-order valence-electron chi connectivity index (χ0n) is 13.2. The van der Waals surface area contributed by atoms with Crippen LogP contribution in [-0.2, 0) is 24.3 Å². The van der Waals surface area contributed by atoms with E-state index in [1.54, 1.807) is 28.5 Å². The molecule has 0 N–H and O–H groups in total. The number of fused-ring (bicyclic) bond motifs is 1. The number of carbonyl (C=O) groups is 1. The van der Waals surface area contributed by atoms with Gasteiger partial charge in [-0.3, -0.25) is 9.48 Å². The Morgan fingerprint density at radius 2 is 2.24 bits per heavy atom. The van der Waals surface area contributed by atoms with Gasteiger partial charge >= 0.3 is 0 Å². The molecule has 0 aliphatic carbocycles. The van der Waals surface area contributed by atoms with E-state index in [9.17, 15) is 9.18 Å². The Labute approximate surface area is 152 Å². The van der Waals surface area contributed by atoms with Crippen molar-refractivity contribution in [1.82, 2.24) is 19.7 Å². The number of thiazole rings is 1. The summed E-state index contributed by atoms with van der Waals surface area (Å²) in [6, 6.07) is 4.38. The molecule has 1 amide bonds. The summed E-state index contributed by atoms with van der Waals surface area (Å²) < 4.78 is 15.2. The molecule has 8 heteroatoms. The maximum absolute atomic E-state index is 13.3. The highest BCUT2D eigenvalue weighted by Crippen LogP contribution is 2.28. The monoisotopic (exact) mass is 376 g/mol. The van der Waals surface area contributed by atoms with Crippen LogP contribution in [0.5, 0.6) is 0 Å². The molecule has 4 rings (SSSR count). The SMILES string of the molecule is O=C(Cc1ccc(F)c(Cl)c1)N1CCn2ncc(-c3nccs3)c2C1. The normalized spacial score (nSPS) is 13.8. The lowest BCUT2D eigenvalue weighted by atomic mass is 10.1. The van der Waals surface area contributed by atoms with Gasteiger partial charge in [0.1, 0.15) is 10.8 Å². The van der Waals surface area contributed by atoms with Gasteiger partial charge < -0.3 is 4.90 Å². The van der Waals surface area contributed by atoms with Gasteiger partial charge in [0, 0.05) is 18.1 Å². The first-order valence-corrected chi connectivity index (χ1v) is 9.04. The lowest BCUT2D eigenvalue weighted by Crippen LogP contribution is -2.39. The summed E-state index contributed by atoms with van der Waals surface area (Å²) in [7, 11) is 0. The predicted molar refractivity (Wildman–Crippen MR) is 93.9 cm³/mol. The molecule has 0 saturated carbocycles. The summed E-state index contributed by atoms with van der Waals surface area (Å²) in [5.74, 6) is -0.493. The summed E-state index contributed by atoms with van der Waals surface area (Å²) >= 11 is 7.35. The quantitative estimate of drug-likeness (QED) is 0.704. The molecule has 2 aromatic heterocycles. The minimum Gasteiger partial charge on any atom is -0.335 e. The number of hydrogen-bond donors (Lipinski definition) is 0. The maximum atomic E-state index is 13.3. The highest BCUT2D eigenvalue weighted by atomic mass is 35.5. The number of carbonyl (C=O) groups excluding carboxylic acids is 1. The fraction of sp³-hybridized carbons (Fsp3) is 0.235. The molecule has 0 fully saturated rings. The second-order valence-electron chi connectivity index (χ2n) is 5.81. The van der Waals surface area contributed by atoms with Gasteiger partial charge in [-0.25, -0.2) is 9.37 Å². The Balaban J connectivity index is 1.52. The summed E-state index contributed by atoms with van der Waals surface area (Å²) in [5.41, 5.74) is 2.67. The first-order valence-electron chi connectivity index (χ1n) is 7.78. The number of benzene rings is 1. The van der Waals surface area contributed by atoms with E-state index in [4.69, 9.17) is 11.6 Å². The van der Waals surface area contributed by atoms with E-state index in [2.05, 4.69) is 10.1 Å². The number of amides is 1. The van der Waals surface area contributed by atoms with Crippen molar-refractivity contribution in [2.24, 2.45) is 0 Å². The first kappa shape index (κ1) is 16.2. The molecule has 0 saturated heterocycles. The fourth-order valence-electron chi connectivity index (χ4n) is 2.93. The third-order valence-electron chi connectivity index (χ3n) is 4.23. The molecule has 0 radical (unpaired) electrons. The summed E-state index contributed by atoms with van der Waals surface area (Å²) in [4.78, 5) is 18.8. The van der Waals surface area contributed by atoms with Crippen molar-refractivity contribution in [2.45, 2.75) is 19.5 Å². The molecular weight excluding hydrogens is 363 g/mol. The van der Waals surface area contributed by atoms with E-state index >= 15 is 0 Å². The van der Waals surface area contributed by atoms with Crippen LogP contribution in [0.4, 0.5) is 4.39 Å². The topological polar surface area (TPSA) is 51.0 Å². The summed E-state index contributed by atoms with van der Waals surface area (Å²) in [6.45, 7) is 1.74. The Morgan fingerprint density at radius 3 is 3.00 bits per heavy atom. The van der Waals surface area contributed by atoms with Gasteiger partial charge in [-0.15, -0.1) is 11.3 Å². The number of rotatable bonds is 3. The van der Waals surface area contributed by atoms with E-state index in [0.717, 1.165) is 16.3 Å². The number of aromatic nitrogens is 3. The Morgan fingerprint density at radius 1 is 1.36 bits per heavy atom. The van der Waals surface area contributed by atoms with Crippen molar-refractivity contribution in [3.05, 3.63) is 58.1 Å². The van der Waals surface area contributed by atoms with Crippen LogP contribution in [0.3, 0.4) is 0 Å². The first-order chi connectivity index (χ1) is 12.1. The van der Waals surface area contributed by atoms with Gasteiger partial charge in [0.25, 0.3) is 0 Å². The van der Waals surface area contributed by atoms with Gasteiger partial charge in [0.15, 0.2) is 0 Å². The van der Waals surface area contributed by atoms with Crippen molar-refractivity contribution in [3.8, 4) is 10.6 Å². The number of halogens is 2. The molecule has 1 aliphatic heterocycles. The predicted octanol–water partition coefficient (Wildman–Crippen LogP) is 3.38. The van der Waals surface area contributed by atoms with Crippen LogP contribution in [0.1, 0.15) is 11.3 Å². The average Bonchev–Trinajstić information content (AvgIpc) is 3.26. The van der Waals surface area contributed by atoms with Crippen molar-refractivity contribution in [3.63, 3.8) is 0 Å². The number of nitrogens with zero attached hydrogens (tertiary/aromatic N) is 4. The van der Waals surface area contributed by atoms with Crippen LogP contribution < -0.4 is 0 Å². The zero-order valence-corrected chi connectivity index (χ0v) is 14.7. The van der Waals surface area contributed by atoms with E-state index in [1.807, 2.05) is 16.3 Å². The fourth-order valence-corrected chi connectivity index (χ4v) is 3.80.